The minimum atomic E-state index is -0.184. The molecule has 0 unspecified atom stereocenters. The quantitative estimate of drug-likeness (QED) is 0.921. The third kappa shape index (κ3) is 1.56. The van der Waals surface area contributed by atoms with Crippen molar-refractivity contribution in [2.75, 3.05) is 6.54 Å². The Balaban J connectivity index is 1.96. The van der Waals surface area contributed by atoms with Gasteiger partial charge >= 0.3 is 0 Å². The lowest BCUT2D eigenvalue weighted by molar-refractivity contribution is 0.231. The summed E-state index contributed by atoms with van der Waals surface area (Å²) in [5, 5.41) is 0. The summed E-state index contributed by atoms with van der Waals surface area (Å²) in [6, 6.07) is 5.40. The van der Waals surface area contributed by atoms with Gasteiger partial charge in [-0.1, -0.05) is 6.42 Å². The molecule has 1 heterocycles. The molecule has 0 spiro atoms. The summed E-state index contributed by atoms with van der Waals surface area (Å²) in [7, 11) is 0. The smallest absolute Gasteiger partial charge is 0.125 e. The van der Waals surface area contributed by atoms with Crippen LogP contribution in [-0.2, 0) is 5.41 Å². The third-order valence-electron chi connectivity index (χ3n) is 4.74. The van der Waals surface area contributed by atoms with E-state index in [9.17, 15) is 4.39 Å². The molecule has 2 saturated carbocycles. The zero-order valence-electron chi connectivity index (χ0n) is 10.9. The molecule has 4 rings (SSSR count). The second-order valence-corrected chi connectivity index (χ2v) is 6.01. The maximum Gasteiger partial charge on any atom is 0.125 e. The summed E-state index contributed by atoms with van der Waals surface area (Å²) in [6.45, 7) is 0.644. The van der Waals surface area contributed by atoms with E-state index in [4.69, 9.17) is 10.7 Å². The molecule has 2 fully saturated rings. The van der Waals surface area contributed by atoms with Crippen LogP contribution in [0, 0.1) is 5.82 Å². The summed E-state index contributed by atoms with van der Waals surface area (Å²) >= 11 is 0. The normalized spacial score (nSPS) is 21.6. The second kappa shape index (κ2) is 3.79. The van der Waals surface area contributed by atoms with E-state index in [-0.39, 0.29) is 11.2 Å². The fraction of sp³-hybridized carbons (Fsp3) is 0.533. The zero-order valence-corrected chi connectivity index (χ0v) is 10.9. The van der Waals surface area contributed by atoms with Crippen LogP contribution in [-0.4, -0.2) is 16.1 Å². The number of rotatable bonds is 3. The fourth-order valence-electron chi connectivity index (χ4n) is 3.27. The monoisotopic (exact) mass is 259 g/mol. The van der Waals surface area contributed by atoms with Crippen molar-refractivity contribution in [2.24, 2.45) is 5.73 Å². The van der Waals surface area contributed by atoms with Crippen molar-refractivity contribution >= 4 is 11.0 Å². The highest BCUT2D eigenvalue weighted by Gasteiger charge is 2.43. The summed E-state index contributed by atoms with van der Waals surface area (Å²) in [4.78, 5) is 4.80. The molecule has 0 saturated heterocycles. The fourth-order valence-corrected chi connectivity index (χ4v) is 3.27. The van der Waals surface area contributed by atoms with Crippen molar-refractivity contribution < 1.29 is 4.39 Å². The number of benzene rings is 1. The molecule has 0 amide bonds. The van der Waals surface area contributed by atoms with Gasteiger partial charge in [0.2, 0.25) is 0 Å². The Bertz CT molecular complexity index is 633. The van der Waals surface area contributed by atoms with Gasteiger partial charge in [0.25, 0.3) is 0 Å². The molecule has 0 bridgehead atoms. The average molecular weight is 259 g/mol. The summed E-state index contributed by atoms with van der Waals surface area (Å²) in [6.07, 6.45) is 5.80. The second-order valence-electron chi connectivity index (χ2n) is 6.01. The Kier molecular flexibility index (Phi) is 2.28. The molecule has 2 aliphatic rings. The van der Waals surface area contributed by atoms with Crippen LogP contribution in [0.5, 0.6) is 0 Å². The largest absolute Gasteiger partial charge is 0.329 e. The first-order valence-electron chi connectivity index (χ1n) is 7.12. The molecule has 19 heavy (non-hydrogen) atoms. The van der Waals surface area contributed by atoms with Crippen molar-refractivity contribution in [2.45, 2.75) is 43.6 Å². The number of hydrogen-bond acceptors (Lipinski definition) is 2. The van der Waals surface area contributed by atoms with Gasteiger partial charge in [-0.3, -0.25) is 0 Å². The number of aromatic nitrogens is 2. The number of hydrogen-bond donors (Lipinski definition) is 1. The Morgan fingerprint density at radius 2 is 2.16 bits per heavy atom. The Labute approximate surface area is 111 Å². The molecule has 2 aliphatic carbocycles. The van der Waals surface area contributed by atoms with Gasteiger partial charge in [-0.05, 0) is 43.9 Å². The molecule has 0 atom stereocenters. The maximum atomic E-state index is 13.5. The predicted octanol–water partition coefficient (Wildman–Crippen LogP) is 2.89. The number of fused-ring (bicyclic) bond motifs is 1. The van der Waals surface area contributed by atoms with Gasteiger partial charge in [0.1, 0.15) is 11.6 Å². The first kappa shape index (κ1) is 11.4. The van der Waals surface area contributed by atoms with E-state index < -0.39 is 0 Å². The highest BCUT2D eigenvalue weighted by molar-refractivity contribution is 5.77. The molecule has 1 aromatic heterocycles. The van der Waals surface area contributed by atoms with Gasteiger partial charge in [0.15, 0.2) is 0 Å². The number of nitrogens with two attached hydrogens (primary N) is 1. The van der Waals surface area contributed by atoms with Crippen molar-refractivity contribution in [1.29, 1.82) is 0 Å². The number of nitrogens with zero attached hydrogens (tertiary/aromatic N) is 2. The molecule has 0 radical (unpaired) electrons. The van der Waals surface area contributed by atoms with Gasteiger partial charge in [0, 0.05) is 18.0 Å². The lowest BCUT2D eigenvalue weighted by atomic mass is 9.68. The van der Waals surface area contributed by atoms with Crippen LogP contribution in [0.2, 0.25) is 0 Å². The molecular formula is C15H18FN3. The Morgan fingerprint density at radius 3 is 2.74 bits per heavy atom. The molecule has 4 heteroatoms. The van der Waals surface area contributed by atoms with E-state index in [1.54, 1.807) is 12.1 Å². The summed E-state index contributed by atoms with van der Waals surface area (Å²) < 4.78 is 15.8. The van der Waals surface area contributed by atoms with E-state index in [2.05, 4.69) is 4.57 Å². The van der Waals surface area contributed by atoms with Crippen LogP contribution in [0.25, 0.3) is 11.0 Å². The van der Waals surface area contributed by atoms with E-state index >= 15 is 0 Å². The standard InChI is InChI=1S/C15H18FN3/c16-10-2-5-12-13(8-10)19(11-3-4-11)14(18-12)15(9-17)6-1-7-15/h2,5,8,11H,1,3-4,6-7,9,17H2. The minimum Gasteiger partial charge on any atom is -0.329 e. The molecule has 3 nitrogen and oxygen atoms in total. The van der Waals surface area contributed by atoms with Gasteiger partial charge in [-0.2, -0.15) is 0 Å². The Hall–Kier alpha value is -1.42. The van der Waals surface area contributed by atoms with Crippen molar-refractivity contribution in [1.82, 2.24) is 9.55 Å². The molecule has 100 valence electrons. The number of halogens is 1. The van der Waals surface area contributed by atoms with Gasteiger partial charge in [-0.15, -0.1) is 0 Å². The Morgan fingerprint density at radius 1 is 1.37 bits per heavy atom. The minimum absolute atomic E-state index is 0.0398. The lowest BCUT2D eigenvalue weighted by Crippen LogP contribution is -2.43. The van der Waals surface area contributed by atoms with Crippen molar-refractivity contribution in [3.63, 3.8) is 0 Å². The third-order valence-corrected chi connectivity index (χ3v) is 4.74. The number of imidazole rings is 1. The van der Waals surface area contributed by atoms with Crippen LogP contribution in [0.1, 0.15) is 44.0 Å². The molecule has 2 aromatic rings. The van der Waals surface area contributed by atoms with Gasteiger partial charge in [-0.25, -0.2) is 9.37 Å². The predicted molar refractivity (Wildman–Crippen MR) is 72.5 cm³/mol. The van der Waals surface area contributed by atoms with E-state index in [0.717, 1.165) is 29.7 Å². The topological polar surface area (TPSA) is 43.8 Å². The van der Waals surface area contributed by atoms with Gasteiger partial charge in [0.05, 0.1) is 11.0 Å². The van der Waals surface area contributed by atoms with Crippen LogP contribution < -0.4 is 5.73 Å². The zero-order chi connectivity index (χ0) is 13.0. The van der Waals surface area contributed by atoms with E-state index in [1.807, 2.05) is 0 Å². The maximum absolute atomic E-state index is 13.5. The first-order chi connectivity index (χ1) is 9.23. The van der Waals surface area contributed by atoms with E-state index in [0.29, 0.717) is 12.6 Å². The van der Waals surface area contributed by atoms with Crippen molar-refractivity contribution in [3.8, 4) is 0 Å². The van der Waals surface area contributed by atoms with Crippen LogP contribution in [0.15, 0.2) is 18.2 Å². The van der Waals surface area contributed by atoms with E-state index in [1.165, 1.54) is 25.3 Å². The summed E-state index contributed by atoms with van der Waals surface area (Å²) in [5.74, 6) is 0.917. The first-order valence-corrected chi connectivity index (χ1v) is 7.12. The van der Waals surface area contributed by atoms with Crippen LogP contribution >= 0.6 is 0 Å². The highest BCUT2D eigenvalue weighted by Crippen LogP contribution is 2.47. The van der Waals surface area contributed by atoms with Gasteiger partial charge < -0.3 is 10.3 Å². The average Bonchev–Trinajstić information content (AvgIpc) is 3.11. The molecule has 0 aliphatic heterocycles. The van der Waals surface area contributed by atoms with Crippen LogP contribution in [0.3, 0.4) is 0 Å². The SMILES string of the molecule is NCC1(c2nc3ccc(F)cc3n2C2CC2)CCC1. The molecule has 1 aromatic carbocycles. The lowest BCUT2D eigenvalue weighted by Gasteiger charge is -2.40. The summed E-state index contributed by atoms with van der Waals surface area (Å²) in [5.41, 5.74) is 7.90. The highest BCUT2D eigenvalue weighted by atomic mass is 19.1. The van der Waals surface area contributed by atoms with Crippen molar-refractivity contribution in [3.05, 3.63) is 29.8 Å². The molecular weight excluding hydrogens is 241 g/mol. The molecule has 2 N–H and O–H groups in total. The van der Waals surface area contributed by atoms with Crippen LogP contribution in [0.4, 0.5) is 4.39 Å².